The number of carbonyl (C=O) groups is 1. The molecule has 1 saturated heterocycles. The van der Waals surface area contributed by atoms with E-state index in [0.717, 1.165) is 13.0 Å². The van der Waals surface area contributed by atoms with Gasteiger partial charge in [-0.25, -0.2) is 0 Å². The third kappa shape index (κ3) is 3.60. The zero-order valence-electron chi connectivity index (χ0n) is 13.9. The largest absolute Gasteiger partial charge is 0.463 e. The highest BCUT2D eigenvalue weighted by Gasteiger charge is 2.31. The van der Waals surface area contributed by atoms with Crippen molar-refractivity contribution in [1.29, 1.82) is 0 Å². The number of benzene rings is 1. The summed E-state index contributed by atoms with van der Waals surface area (Å²) in [5.74, 6) is 0.210. The van der Waals surface area contributed by atoms with Crippen LogP contribution in [0, 0.1) is 5.92 Å². The van der Waals surface area contributed by atoms with Gasteiger partial charge in [-0.3, -0.25) is 9.59 Å². The number of rotatable bonds is 5. The molecule has 1 amide bonds. The second kappa shape index (κ2) is 6.98. The molecule has 0 bridgehead atoms. The van der Waals surface area contributed by atoms with Crippen LogP contribution in [0.15, 0.2) is 39.7 Å². The van der Waals surface area contributed by atoms with Crippen LogP contribution >= 0.6 is 0 Å². The molecule has 0 radical (unpaired) electrons. The highest BCUT2D eigenvalue weighted by atomic mass is 16.5. The fourth-order valence-corrected chi connectivity index (χ4v) is 3.08. The zero-order valence-corrected chi connectivity index (χ0v) is 13.9. The molecule has 1 N–H and O–H groups in total. The Bertz CT molecular complexity index is 826. The SMILES string of the molecule is O=C(N[C@@H]1COCC[C@@H]1OCC1CC1)c1coc2ccccc2c1=O. The molecule has 1 aromatic heterocycles. The highest BCUT2D eigenvalue weighted by Crippen LogP contribution is 2.30. The van der Waals surface area contributed by atoms with Gasteiger partial charge in [0.15, 0.2) is 0 Å². The number of amides is 1. The summed E-state index contributed by atoms with van der Waals surface area (Å²) in [6.07, 6.45) is 4.33. The summed E-state index contributed by atoms with van der Waals surface area (Å²) in [5.41, 5.74) is 0.146. The van der Waals surface area contributed by atoms with Crippen molar-refractivity contribution in [2.45, 2.75) is 31.4 Å². The highest BCUT2D eigenvalue weighted by molar-refractivity contribution is 5.96. The molecule has 1 aliphatic carbocycles. The molecule has 0 unspecified atom stereocenters. The maximum absolute atomic E-state index is 12.6. The lowest BCUT2D eigenvalue weighted by Crippen LogP contribution is -2.51. The molecule has 1 aliphatic heterocycles. The van der Waals surface area contributed by atoms with Gasteiger partial charge in [-0.05, 0) is 37.3 Å². The molecule has 2 heterocycles. The van der Waals surface area contributed by atoms with Gasteiger partial charge in [-0.1, -0.05) is 12.1 Å². The molecule has 1 aromatic carbocycles. The van der Waals surface area contributed by atoms with E-state index in [4.69, 9.17) is 13.9 Å². The van der Waals surface area contributed by atoms with Crippen LogP contribution in [0.25, 0.3) is 11.0 Å². The van der Waals surface area contributed by atoms with Crippen molar-refractivity contribution < 1.29 is 18.7 Å². The second-order valence-electron chi connectivity index (χ2n) is 6.73. The Morgan fingerprint density at radius 2 is 2.08 bits per heavy atom. The minimum Gasteiger partial charge on any atom is -0.463 e. The van der Waals surface area contributed by atoms with E-state index in [1.54, 1.807) is 24.3 Å². The van der Waals surface area contributed by atoms with Gasteiger partial charge in [0.05, 0.1) is 24.1 Å². The first kappa shape index (κ1) is 16.3. The van der Waals surface area contributed by atoms with Gasteiger partial charge in [-0.15, -0.1) is 0 Å². The van der Waals surface area contributed by atoms with Crippen LogP contribution in [-0.4, -0.2) is 37.9 Å². The van der Waals surface area contributed by atoms with Gasteiger partial charge < -0.3 is 19.2 Å². The monoisotopic (exact) mass is 343 g/mol. The summed E-state index contributed by atoms with van der Waals surface area (Å²) >= 11 is 0. The molecule has 4 rings (SSSR count). The molecule has 0 spiro atoms. The maximum atomic E-state index is 12.6. The Hall–Kier alpha value is -2.18. The van der Waals surface area contributed by atoms with E-state index in [9.17, 15) is 9.59 Å². The fraction of sp³-hybridized carbons (Fsp3) is 0.474. The van der Waals surface area contributed by atoms with Gasteiger partial charge in [0.25, 0.3) is 5.91 Å². The summed E-state index contributed by atoms with van der Waals surface area (Å²) in [6.45, 7) is 1.74. The number of ether oxygens (including phenoxy) is 2. The minimum absolute atomic E-state index is 0.00483. The van der Waals surface area contributed by atoms with Crippen LogP contribution in [0.3, 0.4) is 0 Å². The first-order valence-electron chi connectivity index (χ1n) is 8.73. The summed E-state index contributed by atoms with van der Waals surface area (Å²) in [7, 11) is 0. The van der Waals surface area contributed by atoms with Crippen LogP contribution in [-0.2, 0) is 9.47 Å². The number of fused-ring (bicyclic) bond motifs is 1. The van der Waals surface area contributed by atoms with E-state index in [1.165, 1.54) is 19.1 Å². The number of nitrogens with one attached hydrogen (secondary N) is 1. The molecular weight excluding hydrogens is 322 g/mol. The molecule has 2 aliphatic rings. The van der Waals surface area contributed by atoms with Gasteiger partial charge in [0.2, 0.25) is 5.43 Å². The van der Waals surface area contributed by atoms with Crippen molar-refractivity contribution in [2.75, 3.05) is 19.8 Å². The standard InChI is InChI=1S/C19H21NO5/c21-18-13-3-1-2-4-16(13)25-10-14(18)19(22)20-15-11-23-8-7-17(15)24-9-12-5-6-12/h1-4,10,12,15,17H,5-9,11H2,(H,20,22)/t15-,17+/m1/s1. The number of hydrogen-bond acceptors (Lipinski definition) is 5. The van der Waals surface area contributed by atoms with Crippen molar-refractivity contribution in [3.05, 3.63) is 46.3 Å². The fourth-order valence-electron chi connectivity index (χ4n) is 3.08. The Morgan fingerprint density at radius 3 is 2.92 bits per heavy atom. The molecule has 2 atom stereocenters. The second-order valence-corrected chi connectivity index (χ2v) is 6.73. The van der Waals surface area contributed by atoms with E-state index >= 15 is 0 Å². The van der Waals surface area contributed by atoms with E-state index in [0.29, 0.717) is 30.1 Å². The molecule has 6 nitrogen and oxygen atoms in total. The van der Waals surface area contributed by atoms with Crippen LogP contribution in [0.5, 0.6) is 0 Å². The van der Waals surface area contributed by atoms with Crippen molar-refractivity contribution in [3.8, 4) is 0 Å². The summed E-state index contributed by atoms with van der Waals surface area (Å²) in [5, 5.41) is 3.29. The van der Waals surface area contributed by atoms with Gasteiger partial charge in [0.1, 0.15) is 17.4 Å². The van der Waals surface area contributed by atoms with Crippen molar-refractivity contribution >= 4 is 16.9 Å². The number of hydrogen-bond donors (Lipinski definition) is 1. The quantitative estimate of drug-likeness (QED) is 0.900. The first-order chi connectivity index (χ1) is 12.2. The van der Waals surface area contributed by atoms with Crippen molar-refractivity contribution in [3.63, 3.8) is 0 Å². The molecule has 132 valence electrons. The van der Waals surface area contributed by atoms with Crippen LogP contribution in [0.1, 0.15) is 29.6 Å². The maximum Gasteiger partial charge on any atom is 0.258 e. The smallest absolute Gasteiger partial charge is 0.258 e. The van der Waals surface area contributed by atoms with Crippen LogP contribution < -0.4 is 10.7 Å². The van der Waals surface area contributed by atoms with Gasteiger partial charge in [-0.2, -0.15) is 0 Å². The molecule has 2 aromatic rings. The first-order valence-corrected chi connectivity index (χ1v) is 8.73. The molecular formula is C19H21NO5. The molecule has 1 saturated carbocycles. The summed E-state index contributed by atoms with van der Waals surface area (Å²) in [4.78, 5) is 25.1. The lowest BCUT2D eigenvalue weighted by Gasteiger charge is -2.32. The van der Waals surface area contributed by atoms with Crippen LogP contribution in [0.2, 0.25) is 0 Å². The number of para-hydroxylation sites is 1. The van der Waals surface area contributed by atoms with E-state index in [1.807, 2.05) is 0 Å². The predicted octanol–water partition coefficient (Wildman–Crippen LogP) is 2.11. The lowest BCUT2D eigenvalue weighted by molar-refractivity contribution is -0.0567. The average molecular weight is 343 g/mol. The van der Waals surface area contributed by atoms with Gasteiger partial charge in [0, 0.05) is 13.2 Å². The molecule has 2 fully saturated rings. The van der Waals surface area contributed by atoms with Crippen molar-refractivity contribution in [2.24, 2.45) is 5.92 Å². The topological polar surface area (TPSA) is 77.8 Å². The van der Waals surface area contributed by atoms with Gasteiger partial charge >= 0.3 is 0 Å². The zero-order chi connectivity index (χ0) is 17.2. The number of carbonyl (C=O) groups excluding carboxylic acids is 1. The summed E-state index contributed by atoms with van der Waals surface area (Å²) < 4.78 is 16.9. The molecule has 25 heavy (non-hydrogen) atoms. The molecule has 6 heteroatoms. The third-order valence-electron chi connectivity index (χ3n) is 4.78. The minimum atomic E-state index is -0.449. The predicted molar refractivity (Wildman–Crippen MR) is 91.6 cm³/mol. The van der Waals surface area contributed by atoms with Crippen LogP contribution in [0.4, 0.5) is 0 Å². The Balaban J connectivity index is 1.50. The third-order valence-corrected chi connectivity index (χ3v) is 4.78. The van der Waals surface area contributed by atoms with E-state index < -0.39 is 5.91 Å². The van der Waals surface area contributed by atoms with E-state index in [2.05, 4.69) is 5.32 Å². The summed E-state index contributed by atoms with van der Waals surface area (Å²) in [6, 6.07) is 6.63. The van der Waals surface area contributed by atoms with E-state index in [-0.39, 0.29) is 23.1 Å². The Kier molecular flexibility index (Phi) is 4.55. The van der Waals surface area contributed by atoms with Crippen molar-refractivity contribution in [1.82, 2.24) is 5.32 Å². The normalized spacial score (nSPS) is 23.5. The Morgan fingerprint density at radius 1 is 1.24 bits per heavy atom. The average Bonchev–Trinajstić information content (AvgIpc) is 3.46. The lowest BCUT2D eigenvalue weighted by atomic mass is 10.1. The Labute approximate surface area is 145 Å².